The number of anilines is 1. The van der Waals surface area contributed by atoms with Crippen LogP contribution in [-0.2, 0) is 4.79 Å². The zero-order chi connectivity index (χ0) is 17.1. The molecule has 1 aromatic carbocycles. The minimum atomic E-state index is -0.754. The van der Waals surface area contributed by atoms with E-state index in [1.54, 1.807) is 4.90 Å². The Morgan fingerprint density at radius 1 is 1.12 bits per heavy atom. The number of nitrogens with one attached hydrogen (secondary N) is 1. The van der Waals surface area contributed by atoms with Crippen molar-refractivity contribution in [2.75, 3.05) is 31.6 Å². The third kappa shape index (κ3) is 3.47. The fourth-order valence-corrected chi connectivity index (χ4v) is 3.66. The molecule has 2 heterocycles. The molecule has 130 valence electrons. The van der Waals surface area contributed by atoms with Crippen LogP contribution in [0.5, 0.6) is 0 Å². The van der Waals surface area contributed by atoms with Crippen LogP contribution in [-0.4, -0.2) is 48.7 Å². The van der Waals surface area contributed by atoms with Crippen LogP contribution < -0.4 is 10.2 Å². The standard InChI is InChI=1S/C18H25N3O3/c1-20-10-4-6-15(14-5-2-3-7-16(14)20)19-18(24)21-11-8-13(9-12-21)17(22)23/h2-3,5,7,13,15H,4,6,8-12H2,1H3,(H,19,24)(H,22,23). The molecule has 3 rings (SSSR count). The molecule has 1 unspecified atom stereocenters. The summed E-state index contributed by atoms with van der Waals surface area (Å²) < 4.78 is 0. The van der Waals surface area contributed by atoms with Crippen molar-refractivity contribution in [1.82, 2.24) is 10.2 Å². The number of carboxylic acid groups (broad SMARTS) is 1. The van der Waals surface area contributed by atoms with Crippen molar-refractivity contribution in [2.24, 2.45) is 5.92 Å². The first-order valence-electron chi connectivity index (χ1n) is 8.64. The lowest BCUT2D eigenvalue weighted by Gasteiger charge is -2.32. The third-order valence-corrected chi connectivity index (χ3v) is 5.14. The van der Waals surface area contributed by atoms with Gasteiger partial charge >= 0.3 is 12.0 Å². The molecule has 0 aliphatic carbocycles. The summed E-state index contributed by atoms with van der Waals surface area (Å²) >= 11 is 0. The number of hydrogen-bond donors (Lipinski definition) is 2. The Hall–Kier alpha value is -2.24. The van der Waals surface area contributed by atoms with E-state index in [1.807, 2.05) is 12.1 Å². The predicted octanol–water partition coefficient (Wildman–Crippen LogP) is 2.46. The van der Waals surface area contributed by atoms with Gasteiger partial charge in [0.1, 0.15) is 0 Å². The molecule has 2 aliphatic heterocycles. The number of carbonyl (C=O) groups is 2. The molecule has 0 bridgehead atoms. The summed E-state index contributed by atoms with van der Waals surface area (Å²) in [6, 6.07) is 8.14. The summed E-state index contributed by atoms with van der Waals surface area (Å²) in [5, 5.41) is 12.2. The summed E-state index contributed by atoms with van der Waals surface area (Å²) in [5.74, 6) is -1.07. The van der Waals surface area contributed by atoms with E-state index in [4.69, 9.17) is 5.11 Å². The van der Waals surface area contributed by atoms with Gasteiger partial charge in [0.2, 0.25) is 0 Å². The van der Waals surface area contributed by atoms with Crippen molar-refractivity contribution in [3.05, 3.63) is 29.8 Å². The molecule has 1 saturated heterocycles. The van der Waals surface area contributed by atoms with E-state index in [9.17, 15) is 9.59 Å². The summed E-state index contributed by atoms with van der Waals surface area (Å²) in [4.78, 5) is 27.6. The van der Waals surface area contributed by atoms with Crippen LogP contribution >= 0.6 is 0 Å². The van der Waals surface area contributed by atoms with Gasteiger partial charge < -0.3 is 20.2 Å². The molecule has 0 radical (unpaired) electrons. The number of nitrogens with zero attached hydrogens (tertiary/aromatic N) is 2. The first-order valence-corrected chi connectivity index (χ1v) is 8.64. The van der Waals surface area contributed by atoms with E-state index in [1.165, 1.54) is 5.69 Å². The molecule has 6 nitrogen and oxygen atoms in total. The van der Waals surface area contributed by atoms with Crippen LogP contribution in [0.3, 0.4) is 0 Å². The van der Waals surface area contributed by atoms with Crippen molar-refractivity contribution in [2.45, 2.75) is 31.7 Å². The number of hydrogen-bond acceptors (Lipinski definition) is 3. The Balaban J connectivity index is 1.66. The van der Waals surface area contributed by atoms with E-state index >= 15 is 0 Å². The number of piperidine rings is 1. The number of carboxylic acids is 1. The molecule has 1 aromatic rings. The van der Waals surface area contributed by atoms with E-state index in [0.717, 1.165) is 24.9 Å². The van der Waals surface area contributed by atoms with Crippen molar-refractivity contribution in [3.63, 3.8) is 0 Å². The van der Waals surface area contributed by atoms with Gasteiger partial charge in [-0.1, -0.05) is 18.2 Å². The molecule has 1 fully saturated rings. The predicted molar refractivity (Wildman–Crippen MR) is 92.2 cm³/mol. The van der Waals surface area contributed by atoms with Crippen molar-refractivity contribution in [3.8, 4) is 0 Å². The zero-order valence-corrected chi connectivity index (χ0v) is 14.1. The molecule has 0 spiro atoms. The van der Waals surface area contributed by atoms with E-state index in [-0.39, 0.29) is 18.0 Å². The van der Waals surface area contributed by atoms with Crippen LogP contribution in [0.1, 0.15) is 37.3 Å². The number of benzene rings is 1. The van der Waals surface area contributed by atoms with Crippen LogP contribution in [0.15, 0.2) is 24.3 Å². The number of rotatable bonds is 2. The number of carbonyl (C=O) groups excluding carboxylic acids is 1. The number of likely N-dealkylation sites (tertiary alicyclic amines) is 1. The SMILES string of the molecule is CN1CCCC(NC(=O)N2CCC(C(=O)O)CC2)c2ccccc21. The maximum Gasteiger partial charge on any atom is 0.317 e. The van der Waals surface area contributed by atoms with E-state index < -0.39 is 5.97 Å². The lowest BCUT2D eigenvalue weighted by atomic mass is 9.97. The summed E-state index contributed by atoms with van der Waals surface area (Å²) in [6.07, 6.45) is 3.01. The van der Waals surface area contributed by atoms with Gasteiger partial charge in [-0.2, -0.15) is 0 Å². The van der Waals surface area contributed by atoms with Crippen molar-refractivity contribution < 1.29 is 14.7 Å². The molecular formula is C18H25N3O3. The summed E-state index contributed by atoms with van der Waals surface area (Å²) in [6.45, 7) is 2.00. The number of para-hydroxylation sites is 1. The largest absolute Gasteiger partial charge is 0.481 e. The van der Waals surface area contributed by atoms with Crippen molar-refractivity contribution >= 4 is 17.7 Å². The maximum absolute atomic E-state index is 12.6. The number of fused-ring (bicyclic) bond motifs is 1. The number of urea groups is 1. The van der Waals surface area contributed by atoms with E-state index in [2.05, 4.69) is 29.4 Å². The van der Waals surface area contributed by atoms with Gasteiger partial charge in [-0.05, 0) is 37.3 Å². The molecule has 0 saturated carbocycles. The van der Waals surface area contributed by atoms with Gasteiger partial charge in [-0.25, -0.2) is 4.79 Å². The minimum Gasteiger partial charge on any atom is -0.481 e. The smallest absolute Gasteiger partial charge is 0.317 e. The van der Waals surface area contributed by atoms with Gasteiger partial charge in [0.05, 0.1) is 12.0 Å². The quantitative estimate of drug-likeness (QED) is 0.873. The van der Waals surface area contributed by atoms with Gasteiger partial charge in [0, 0.05) is 32.4 Å². The highest BCUT2D eigenvalue weighted by molar-refractivity contribution is 5.76. The first-order chi connectivity index (χ1) is 11.6. The normalized spacial score (nSPS) is 21.8. The average Bonchev–Trinajstić information content (AvgIpc) is 2.75. The molecule has 0 aromatic heterocycles. The number of amides is 2. The van der Waals surface area contributed by atoms with Crippen molar-refractivity contribution in [1.29, 1.82) is 0 Å². The van der Waals surface area contributed by atoms with Crippen LogP contribution in [0.4, 0.5) is 10.5 Å². The van der Waals surface area contributed by atoms with Crippen LogP contribution in [0.25, 0.3) is 0 Å². The van der Waals surface area contributed by atoms with Crippen LogP contribution in [0, 0.1) is 5.92 Å². The molecule has 2 amide bonds. The Morgan fingerprint density at radius 3 is 2.54 bits per heavy atom. The van der Waals surface area contributed by atoms with Crippen LogP contribution in [0.2, 0.25) is 0 Å². The maximum atomic E-state index is 12.6. The Morgan fingerprint density at radius 2 is 1.83 bits per heavy atom. The summed E-state index contributed by atoms with van der Waals surface area (Å²) in [5.41, 5.74) is 2.33. The van der Waals surface area contributed by atoms with Gasteiger partial charge in [0.15, 0.2) is 0 Å². The number of aliphatic carboxylic acids is 1. The molecule has 6 heteroatoms. The lowest BCUT2D eigenvalue weighted by Crippen LogP contribution is -2.46. The molecule has 1 atom stereocenters. The summed E-state index contributed by atoms with van der Waals surface area (Å²) in [7, 11) is 2.08. The molecule has 2 N–H and O–H groups in total. The highest BCUT2D eigenvalue weighted by Crippen LogP contribution is 2.32. The molecule has 24 heavy (non-hydrogen) atoms. The fourth-order valence-electron chi connectivity index (χ4n) is 3.66. The second kappa shape index (κ2) is 7.11. The highest BCUT2D eigenvalue weighted by atomic mass is 16.4. The first kappa shape index (κ1) is 16.6. The Kier molecular flexibility index (Phi) is 4.92. The van der Waals surface area contributed by atoms with Gasteiger partial charge in [-0.3, -0.25) is 4.79 Å². The topological polar surface area (TPSA) is 72.9 Å². The Labute approximate surface area is 142 Å². The van der Waals surface area contributed by atoms with Gasteiger partial charge in [-0.15, -0.1) is 0 Å². The zero-order valence-electron chi connectivity index (χ0n) is 14.1. The monoisotopic (exact) mass is 331 g/mol. The highest BCUT2D eigenvalue weighted by Gasteiger charge is 2.29. The van der Waals surface area contributed by atoms with E-state index in [0.29, 0.717) is 25.9 Å². The molecular weight excluding hydrogens is 306 g/mol. The molecule has 2 aliphatic rings. The lowest BCUT2D eigenvalue weighted by molar-refractivity contribution is -0.143. The fraction of sp³-hybridized carbons (Fsp3) is 0.556. The second-order valence-corrected chi connectivity index (χ2v) is 6.72. The Bertz CT molecular complexity index is 611. The third-order valence-electron chi connectivity index (χ3n) is 5.14. The average molecular weight is 331 g/mol. The van der Waals surface area contributed by atoms with Gasteiger partial charge in [0.25, 0.3) is 0 Å². The minimum absolute atomic E-state index is 0.0100. The second-order valence-electron chi connectivity index (χ2n) is 6.72.